The van der Waals surface area contributed by atoms with Crippen molar-refractivity contribution in [2.75, 3.05) is 4.90 Å². The molecule has 8 nitrogen and oxygen atoms in total. The van der Waals surface area contributed by atoms with Crippen LogP contribution in [0, 0.1) is 17.8 Å². The number of imide groups is 1. The number of hydrogen-bond donors (Lipinski definition) is 1. The molecule has 222 valence electrons. The third-order valence-corrected chi connectivity index (χ3v) is 10.2. The van der Waals surface area contributed by atoms with Crippen LogP contribution in [0.15, 0.2) is 105 Å². The molecule has 45 heavy (non-hydrogen) atoms. The summed E-state index contributed by atoms with van der Waals surface area (Å²) >= 11 is 9.85. The number of ketones is 2. The van der Waals surface area contributed by atoms with Crippen LogP contribution in [0.3, 0.4) is 0 Å². The van der Waals surface area contributed by atoms with Crippen LogP contribution in [0.5, 0.6) is 5.75 Å². The Kier molecular flexibility index (Phi) is 6.34. The Morgan fingerprint density at radius 1 is 0.956 bits per heavy atom. The summed E-state index contributed by atoms with van der Waals surface area (Å²) < 4.78 is 6.02. The van der Waals surface area contributed by atoms with Crippen LogP contribution in [0.1, 0.15) is 24.3 Å². The highest BCUT2D eigenvalue weighted by atomic mass is 79.9. The van der Waals surface area contributed by atoms with Crippen molar-refractivity contribution in [3.63, 3.8) is 0 Å². The van der Waals surface area contributed by atoms with Gasteiger partial charge in [0.25, 0.3) is 0 Å². The fourth-order valence-corrected chi connectivity index (χ4v) is 8.05. The second-order valence-electron chi connectivity index (χ2n) is 11.6. The minimum Gasteiger partial charge on any atom is -0.508 e. The third kappa shape index (κ3) is 4.21. The quantitative estimate of drug-likeness (QED) is 0.143. The molecule has 2 heterocycles. The van der Waals surface area contributed by atoms with Crippen molar-refractivity contribution in [1.82, 2.24) is 4.98 Å². The number of anilines is 1. The van der Waals surface area contributed by atoms with Gasteiger partial charge in [-0.1, -0.05) is 41.4 Å². The first kappa shape index (κ1) is 27.9. The first-order valence-corrected chi connectivity index (χ1v) is 15.6. The molecule has 0 bridgehead atoms. The summed E-state index contributed by atoms with van der Waals surface area (Å²) in [6.45, 7) is 0. The van der Waals surface area contributed by atoms with E-state index in [2.05, 4.69) is 20.9 Å². The summed E-state index contributed by atoms with van der Waals surface area (Å²) in [5.41, 5.74) is 4.49. The van der Waals surface area contributed by atoms with Crippen molar-refractivity contribution in [3.05, 3.63) is 111 Å². The first-order chi connectivity index (χ1) is 21.7. The monoisotopic (exact) mass is 680 g/mol. The molecular weight excluding hydrogens is 660 g/mol. The van der Waals surface area contributed by atoms with E-state index >= 15 is 0 Å². The predicted molar refractivity (Wildman–Crippen MR) is 170 cm³/mol. The minimum absolute atomic E-state index is 0.0361. The molecule has 0 unspecified atom stereocenters. The maximum absolute atomic E-state index is 14.2. The van der Waals surface area contributed by atoms with E-state index in [1.54, 1.807) is 30.3 Å². The molecule has 4 aliphatic rings. The molecule has 1 saturated heterocycles. The number of carbonyl (C=O) groups is 4. The summed E-state index contributed by atoms with van der Waals surface area (Å²) in [5, 5.41) is 10.3. The zero-order valence-corrected chi connectivity index (χ0v) is 25.7. The number of allylic oxidation sites excluding steroid dienone is 6. The summed E-state index contributed by atoms with van der Waals surface area (Å²) in [4.78, 5) is 60.6. The number of para-hydroxylation sites is 2. The van der Waals surface area contributed by atoms with Gasteiger partial charge in [-0.2, -0.15) is 0 Å². The van der Waals surface area contributed by atoms with E-state index in [1.165, 1.54) is 23.1 Å². The van der Waals surface area contributed by atoms with Gasteiger partial charge < -0.3 is 9.52 Å². The van der Waals surface area contributed by atoms with Crippen LogP contribution in [0.25, 0.3) is 22.6 Å². The Morgan fingerprint density at radius 2 is 1.73 bits per heavy atom. The van der Waals surface area contributed by atoms with E-state index in [0.717, 1.165) is 11.1 Å². The Morgan fingerprint density at radius 3 is 2.49 bits per heavy atom. The van der Waals surface area contributed by atoms with Gasteiger partial charge in [-0.3, -0.25) is 24.1 Å². The minimum atomic E-state index is -0.728. The SMILES string of the molecule is O=C1C=C(Br)C(=O)C2=C1[C@@H](c1ccc(O)cc1Cl)C1=CC[C@@H]3C(=O)N(c4ccc(-c5nc6ccccc6o5)cc4)C(=O)[C@@H]3[C@@H]1C2. The molecule has 1 aromatic heterocycles. The van der Waals surface area contributed by atoms with Gasteiger partial charge >= 0.3 is 0 Å². The number of hydrogen-bond acceptors (Lipinski definition) is 7. The van der Waals surface area contributed by atoms with Gasteiger partial charge in [0.15, 0.2) is 17.1 Å². The van der Waals surface area contributed by atoms with Crippen molar-refractivity contribution >= 4 is 67.7 Å². The fourth-order valence-electron chi connectivity index (χ4n) is 7.32. The van der Waals surface area contributed by atoms with Gasteiger partial charge in [-0.25, -0.2) is 4.98 Å². The van der Waals surface area contributed by atoms with E-state index in [0.29, 0.717) is 45.9 Å². The molecule has 3 aliphatic carbocycles. The highest BCUT2D eigenvalue weighted by Crippen LogP contribution is 2.56. The molecule has 3 aromatic carbocycles. The van der Waals surface area contributed by atoms with Gasteiger partial charge in [0.2, 0.25) is 17.7 Å². The largest absolute Gasteiger partial charge is 0.508 e. The van der Waals surface area contributed by atoms with Crippen LogP contribution in [0.2, 0.25) is 5.02 Å². The Balaban J connectivity index is 1.17. The number of aromatic hydroxyl groups is 1. The van der Waals surface area contributed by atoms with Crippen LogP contribution >= 0.6 is 27.5 Å². The van der Waals surface area contributed by atoms with Crippen molar-refractivity contribution < 1.29 is 28.7 Å². The molecule has 0 saturated carbocycles. The molecule has 2 amide bonds. The summed E-state index contributed by atoms with van der Waals surface area (Å²) in [6.07, 6.45) is 3.64. The number of phenols is 1. The second-order valence-corrected chi connectivity index (χ2v) is 12.9. The molecule has 8 rings (SSSR count). The van der Waals surface area contributed by atoms with Gasteiger partial charge in [0.05, 0.1) is 22.0 Å². The van der Waals surface area contributed by atoms with Crippen molar-refractivity contribution in [2.24, 2.45) is 17.8 Å². The molecule has 1 N–H and O–H groups in total. The van der Waals surface area contributed by atoms with Crippen LogP contribution < -0.4 is 4.90 Å². The molecule has 0 spiro atoms. The zero-order chi connectivity index (χ0) is 31.1. The molecule has 1 fully saturated rings. The van der Waals surface area contributed by atoms with Gasteiger partial charge in [0.1, 0.15) is 11.3 Å². The van der Waals surface area contributed by atoms with E-state index in [4.69, 9.17) is 16.0 Å². The smallest absolute Gasteiger partial charge is 0.238 e. The number of halogens is 2. The first-order valence-electron chi connectivity index (χ1n) is 14.4. The van der Waals surface area contributed by atoms with Crippen LogP contribution in [-0.2, 0) is 19.2 Å². The summed E-state index contributed by atoms with van der Waals surface area (Å²) in [5.74, 6) is -3.45. The standard InChI is InChI=1S/C35H22BrClN2O6/c36-24-15-27(41)31-23(32(24)42)14-22-19(29(31)20-10-9-18(40)13-25(20)37)11-12-21-30(22)35(44)39(34(21)43)17-7-5-16(6-8-17)33-38-26-3-1-2-4-28(26)45-33/h1-11,13,15,21-22,29-30,40H,12,14H2/t21-,22+,29+,30-/m0/s1. The highest BCUT2D eigenvalue weighted by Gasteiger charge is 2.56. The number of fused-ring (bicyclic) bond motifs is 4. The number of phenolic OH excluding ortho intramolecular Hbond substituents is 1. The normalized spacial score (nSPS) is 24.4. The van der Waals surface area contributed by atoms with Crippen LogP contribution in [0.4, 0.5) is 5.69 Å². The summed E-state index contributed by atoms with van der Waals surface area (Å²) in [6, 6.07) is 18.9. The number of oxazole rings is 1. The number of aromatic nitrogens is 1. The number of carbonyl (C=O) groups excluding carboxylic acids is 4. The Hall–Kier alpha value is -4.60. The number of Topliss-reactive ketones (excluding diaryl/α,β-unsaturated/α-hetero) is 1. The number of rotatable bonds is 3. The molecule has 4 atom stereocenters. The highest BCUT2D eigenvalue weighted by molar-refractivity contribution is 9.12. The molecule has 0 radical (unpaired) electrons. The predicted octanol–water partition coefficient (Wildman–Crippen LogP) is 6.82. The second kappa shape index (κ2) is 10.2. The van der Waals surface area contributed by atoms with Crippen molar-refractivity contribution in [1.29, 1.82) is 0 Å². The van der Waals surface area contributed by atoms with Crippen LogP contribution in [-0.4, -0.2) is 33.5 Å². The lowest BCUT2D eigenvalue weighted by atomic mass is 9.59. The summed E-state index contributed by atoms with van der Waals surface area (Å²) in [7, 11) is 0. The Labute approximate surface area is 269 Å². The molecular formula is C35H22BrClN2O6. The average Bonchev–Trinajstić information content (AvgIpc) is 3.58. The average molecular weight is 682 g/mol. The third-order valence-electron chi connectivity index (χ3n) is 9.29. The van der Waals surface area contributed by atoms with E-state index < -0.39 is 23.7 Å². The maximum atomic E-state index is 14.2. The van der Waals surface area contributed by atoms with Gasteiger partial charge in [0, 0.05) is 33.7 Å². The van der Waals surface area contributed by atoms with E-state index in [1.807, 2.05) is 30.3 Å². The van der Waals surface area contributed by atoms with Gasteiger partial charge in [-0.05, 0) is 88.8 Å². The van der Waals surface area contributed by atoms with Crippen molar-refractivity contribution in [2.45, 2.75) is 18.8 Å². The Bertz CT molecular complexity index is 2080. The number of amides is 2. The van der Waals surface area contributed by atoms with E-state index in [-0.39, 0.29) is 45.1 Å². The van der Waals surface area contributed by atoms with E-state index in [9.17, 15) is 24.3 Å². The molecule has 1 aliphatic heterocycles. The number of benzene rings is 3. The maximum Gasteiger partial charge on any atom is 0.238 e. The fraction of sp³-hybridized carbons (Fsp3) is 0.171. The van der Waals surface area contributed by atoms with Crippen molar-refractivity contribution in [3.8, 4) is 17.2 Å². The van der Waals surface area contributed by atoms with Gasteiger partial charge in [-0.15, -0.1) is 0 Å². The topological polar surface area (TPSA) is 118 Å². The zero-order valence-electron chi connectivity index (χ0n) is 23.4. The lowest BCUT2D eigenvalue weighted by molar-refractivity contribution is -0.123. The lowest BCUT2D eigenvalue weighted by Crippen LogP contribution is -2.39. The molecule has 4 aromatic rings. The number of nitrogens with zero attached hydrogens (tertiary/aromatic N) is 2. The molecule has 10 heteroatoms. The lowest BCUT2D eigenvalue weighted by Gasteiger charge is -2.42.